The molecule has 5 nitrogen and oxygen atoms in total. The Bertz CT molecular complexity index is 594. The van der Waals surface area contributed by atoms with Gasteiger partial charge >= 0.3 is 0 Å². The van der Waals surface area contributed by atoms with Crippen LogP contribution in [0.2, 0.25) is 0 Å². The molecule has 2 aromatic rings. The second kappa shape index (κ2) is 9.94. The Kier molecular flexibility index (Phi) is 7.52. The molecule has 2 rings (SSSR count). The summed E-state index contributed by atoms with van der Waals surface area (Å²) in [5, 5.41) is 7.79. The van der Waals surface area contributed by atoms with Crippen LogP contribution in [-0.4, -0.2) is 35.6 Å². The van der Waals surface area contributed by atoms with Crippen LogP contribution in [0.15, 0.2) is 35.6 Å². The number of guanidine groups is 1. The van der Waals surface area contributed by atoms with Gasteiger partial charge in [-0.25, -0.2) is 4.98 Å². The Morgan fingerprint density at radius 3 is 2.78 bits per heavy atom. The van der Waals surface area contributed by atoms with Crippen LogP contribution in [0.3, 0.4) is 0 Å². The van der Waals surface area contributed by atoms with E-state index in [1.807, 2.05) is 30.6 Å². The normalized spacial score (nSPS) is 11.5. The number of hydrogen-bond acceptors (Lipinski definition) is 4. The molecule has 2 N–H and O–H groups in total. The number of thiazole rings is 1. The first kappa shape index (κ1) is 17.4. The van der Waals surface area contributed by atoms with Crippen LogP contribution in [0, 0.1) is 0 Å². The number of aromatic nitrogens is 2. The van der Waals surface area contributed by atoms with Gasteiger partial charge in [-0.15, -0.1) is 11.3 Å². The second-order valence-corrected chi connectivity index (χ2v) is 6.28. The molecule has 0 aromatic carbocycles. The fourth-order valence-corrected chi connectivity index (χ4v) is 2.94. The van der Waals surface area contributed by atoms with Crippen LogP contribution in [0.4, 0.5) is 0 Å². The summed E-state index contributed by atoms with van der Waals surface area (Å²) in [5.41, 5.74) is 1.09. The van der Waals surface area contributed by atoms with Gasteiger partial charge in [-0.3, -0.25) is 9.98 Å². The molecule has 0 unspecified atom stereocenters. The minimum absolute atomic E-state index is 0.746. The molecule has 0 amide bonds. The zero-order valence-electron chi connectivity index (χ0n) is 13.9. The van der Waals surface area contributed by atoms with Gasteiger partial charge in [0.15, 0.2) is 5.96 Å². The molecule has 0 radical (unpaired) electrons. The molecule has 0 atom stereocenters. The van der Waals surface area contributed by atoms with E-state index in [1.54, 1.807) is 11.3 Å². The number of nitrogens with one attached hydrogen (secondary N) is 2. The van der Waals surface area contributed by atoms with Gasteiger partial charge in [-0.1, -0.05) is 13.0 Å². The van der Waals surface area contributed by atoms with E-state index in [9.17, 15) is 0 Å². The maximum Gasteiger partial charge on any atom is 0.191 e. The number of rotatable bonds is 8. The molecule has 0 saturated heterocycles. The quantitative estimate of drug-likeness (QED) is 0.576. The van der Waals surface area contributed by atoms with Crippen molar-refractivity contribution in [2.24, 2.45) is 4.99 Å². The monoisotopic (exact) mass is 331 g/mol. The Labute approximate surface area is 142 Å². The molecule has 0 fully saturated rings. The lowest BCUT2D eigenvalue weighted by Crippen LogP contribution is -2.38. The van der Waals surface area contributed by atoms with Gasteiger partial charge in [-0.05, 0) is 25.5 Å². The largest absolute Gasteiger partial charge is 0.357 e. The highest BCUT2D eigenvalue weighted by Crippen LogP contribution is 2.13. The van der Waals surface area contributed by atoms with Crippen molar-refractivity contribution in [2.45, 2.75) is 33.1 Å². The van der Waals surface area contributed by atoms with E-state index in [4.69, 9.17) is 0 Å². The third kappa shape index (κ3) is 6.36. The summed E-state index contributed by atoms with van der Waals surface area (Å²) in [5.74, 6) is 0.857. The standard InChI is InChI=1S/C17H25N5S/c1-3-15-13-22-16(23-15)9-12-21-17(18-4-2)20-11-8-14-7-5-6-10-19-14/h5-7,10,13H,3-4,8-9,11-12H2,1-2H3,(H2,18,20,21). The molecule has 0 aliphatic carbocycles. The van der Waals surface area contributed by atoms with Crippen LogP contribution in [0.1, 0.15) is 29.4 Å². The molecule has 2 aromatic heterocycles. The second-order valence-electron chi connectivity index (χ2n) is 5.08. The average Bonchev–Trinajstić information content (AvgIpc) is 3.04. The van der Waals surface area contributed by atoms with Crippen molar-refractivity contribution in [3.05, 3.63) is 46.2 Å². The lowest BCUT2D eigenvalue weighted by molar-refractivity contribution is 0.785. The molecular formula is C17H25N5S. The molecule has 0 aliphatic heterocycles. The van der Waals surface area contributed by atoms with E-state index in [0.29, 0.717) is 0 Å². The number of aryl methyl sites for hydroxylation is 1. The summed E-state index contributed by atoms with van der Waals surface area (Å²) in [6.07, 6.45) is 6.63. The Balaban J connectivity index is 1.77. The van der Waals surface area contributed by atoms with Crippen LogP contribution < -0.4 is 10.6 Å². The lowest BCUT2D eigenvalue weighted by Gasteiger charge is -2.10. The van der Waals surface area contributed by atoms with Gasteiger partial charge in [0, 0.05) is 55.4 Å². The van der Waals surface area contributed by atoms with Crippen LogP contribution in [0.5, 0.6) is 0 Å². The Morgan fingerprint density at radius 1 is 1.17 bits per heavy atom. The Morgan fingerprint density at radius 2 is 2.09 bits per heavy atom. The number of pyridine rings is 1. The Hall–Kier alpha value is -1.95. The highest BCUT2D eigenvalue weighted by molar-refractivity contribution is 7.11. The topological polar surface area (TPSA) is 62.2 Å². The van der Waals surface area contributed by atoms with Crippen molar-refractivity contribution >= 4 is 17.3 Å². The predicted molar refractivity (Wildman–Crippen MR) is 97.1 cm³/mol. The minimum atomic E-state index is 0.746. The summed E-state index contributed by atoms with van der Waals surface area (Å²) >= 11 is 1.78. The molecule has 124 valence electrons. The van der Waals surface area contributed by atoms with Gasteiger partial charge in [0.2, 0.25) is 0 Å². The van der Waals surface area contributed by atoms with Crippen molar-refractivity contribution in [1.29, 1.82) is 0 Å². The first-order valence-electron chi connectivity index (χ1n) is 8.17. The van der Waals surface area contributed by atoms with E-state index in [-0.39, 0.29) is 0 Å². The van der Waals surface area contributed by atoms with Gasteiger partial charge in [0.1, 0.15) is 0 Å². The number of nitrogens with zero attached hydrogens (tertiary/aromatic N) is 3. The number of hydrogen-bond donors (Lipinski definition) is 2. The van der Waals surface area contributed by atoms with E-state index in [2.05, 4.69) is 39.4 Å². The van der Waals surface area contributed by atoms with Crippen molar-refractivity contribution in [3.8, 4) is 0 Å². The van der Waals surface area contributed by atoms with Gasteiger partial charge < -0.3 is 10.6 Å². The van der Waals surface area contributed by atoms with Gasteiger partial charge in [-0.2, -0.15) is 0 Å². The highest BCUT2D eigenvalue weighted by Gasteiger charge is 2.01. The maximum absolute atomic E-state index is 4.62. The molecule has 23 heavy (non-hydrogen) atoms. The third-order valence-corrected chi connectivity index (χ3v) is 4.49. The average molecular weight is 331 g/mol. The van der Waals surface area contributed by atoms with Crippen LogP contribution in [0.25, 0.3) is 0 Å². The van der Waals surface area contributed by atoms with E-state index in [1.165, 1.54) is 4.88 Å². The summed E-state index contributed by atoms with van der Waals surface area (Å²) < 4.78 is 0. The molecule has 0 spiro atoms. The fourth-order valence-electron chi connectivity index (χ4n) is 2.09. The zero-order valence-corrected chi connectivity index (χ0v) is 14.7. The van der Waals surface area contributed by atoms with Crippen molar-refractivity contribution in [2.75, 3.05) is 19.6 Å². The van der Waals surface area contributed by atoms with Crippen molar-refractivity contribution in [3.63, 3.8) is 0 Å². The van der Waals surface area contributed by atoms with Crippen molar-refractivity contribution < 1.29 is 0 Å². The van der Waals surface area contributed by atoms with Crippen molar-refractivity contribution in [1.82, 2.24) is 20.6 Å². The number of aliphatic imine (C=N–C) groups is 1. The highest BCUT2D eigenvalue weighted by atomic mass is 32.1. The van der Waals surface area contributed by atoms with Crippen LogP contribution in [-0.2, 0) is 19.3 Å². The molecule has 2 heterocycles. The molecule has 6 heteroatoms. The lowest BCUT2D eigenvalue weighted by atomic mass is 10.3. The molecule has 0 bridgehead atoms. The van der Waals surface area contributed by atoms with E-state index >= 15 is 0 Å². The van der Waals surface area contributed by atoms with Gasteiger partial charge in [0.25, 0.3) is 0 Å². The van der Waals surface area contributed by atoms with Gasteiger partial charge in [0.05, 0.1) is 5.01 Å². The SMILES string of the molecule is CCNC(=NCCc1ncc(CC)s1)NCCc1ccccn1. The fraction of sp³-hybridized carbons (Fsp3) is 0.471. The molecule has 0 saturated carbocycles. The van der Waals surface area contributed by atoms with Crippen LogP contribution >= 0.6 is 11.3 Å². The first-order valence-corrected chi connectivity index (χ1v) is 8.99. The maximum atomic E-state index is 4.62. The van der Waals surface area contributed by atoms with E-state index < -0.39 is 0 Å². The smallest absolute Gasteiger partial charge is 0.191 e. The summed E-state index contributed by atoms with van der Waals surface area (Å²) in [6.45, 7) is 6.65. The molecular weight excluding hydrogens is 306 g/mol. The zero-order chi connectivity index (χ0) is 16.3. The summed E-state index contributed by atoms with van der Waals surface area (Å²) in [6, 6.07) is 5.99. The summed E-state index contributed by atoms with van der Waals surface area (Å²) in [4.78, 5) is 14.7. The minimum Gasteiger partial charge on any atom is -0.357 e. The third-order valence-electron chi connectivity index (χ3n) is 3.29. The van der Waals surface area contributed by atoms with E-state index in [0.717, 1.165) is 55.6 Å². The molecule has 0 aliphatic rings. The first-order chi connectivity index (χ1) is 11.3. The summed E-state index contributed by atoms with van der Waals surface area (Å²) in [7, 11) is 0. The predicted octanol–water partition coefficient (Wildman–Crippen LogP) is 2.44.